The van der Waals surface area contributed by atoms with Crippen LogP contribution in [0.5, 0.6) is 0 Å². The van der Waals surface area contributed by atoms with E-state index in [1.165, 1.54) is 23.5 Å². The van der Waals surface area contributed by atoms with Crippen molar-refractivity contribution < 1.29 is 27.9 Å². The zero-order chi connectivity index (χ0) is 23.3. The van der Waals surface area contributed by atoms with E-state index in [0.29, 0.717) is 49.6 Å². The Labute approximate surface area is 200 Å². The summed E-state index contributed by atoms with van der Waals surface area (Å²) < 4.78 is 31.2. The normalized spacial score (nSPS) is 18.9. The maximum absolute atomic E-state index is 13.0. The topological polar surface area (TPSA) is 127 Å². The molecule has 1 saturated carbocycles. The number of aromatic nitrogens is 1. The average molecular weight is 512 g/mol. The van der Waals surface area contributed by atoms with Gasteiger partial charge in [-0.05, 0) is 31.4 Å². The van der Waals surface area contributed by atoms with Gasteiger partial charge in [-0.3, -0.25) is 10.1 Å². The highest BCUT2D eigenvalue weighted by Crippen LogP contribution is 2.33. The summed E-state index contributed by atoms with van der Waals surface area (Å²) in [6.45, 7) is 1.10. The highest BCUT2D eigenvalue weighted by atomic mass is 32.2. The maximum atomic E-state index is 13.0. The predicted molar refractivity (Wildman–Crippen MR) is 127 cm³/mol. The first kappa shape index (κ1) is 24.1. The Bertz CT molecular complexity index is 1090. The molecule has 9 nitrogen and oxygen atoms in total. The summed E-state index contributed by atoms with van der Waals surface area (Å²) in [6, 6.07) is 6.15. The summed E-state index contributed by atoms with van der Waals surface area (Å²) in [5, 5.41) is 15.9. The van der Waals surface area contributed by atoms with E-state index in [9.17, 15) is 13.2 Å². The van der Waals surface area contributed by atoms with Crippen LogP contribution < -0.4 is 5.32 Å². The van der Waals surface area contributed by atoms with E-state index in [0.717, 1.165) is 9.96 Å². The largest absolute Gasteiger partial charge is 0.396 e. The molecule has 1 saturated heterocycles. The van der Waals surface area contributed by atoms with Crippen molar-refractivity contribution in [1.82, 2.24) is 4.98 Å². The molecule has 1 aromatic heterocycles. The van der Waals surface area contributed by atoms with Crippen LogP contribution in [0.2, 0.25) is 0 Å². The lowest BCUT2D eigenvalue weighted by molar-refractivity contribution is -0.110. The van der Waals surface area contributed by atoms with Crippen molar-refractivity contribution in [2.45, 2.75) is 46.1 Å². The van der Waals surface area contributed by atoms with E-state index in [4.69, 9.17) is 14.7 Å². The standard InChI is InChI=1S/C21H25N3O6S3/c25-9-1-11-31-18-12-22-21(32-18)23-20(26)19(24-30-15-8-10-29-13-15)14-2-4-16(5-3-14)33(27,28)17-6-7-17/h2-5,12,15,17,25H,1,6-11,13H2,(H,22,23,26)/b24-19+/t15-/m1/s1. The van der Waals surface area contributed by atoms with Crippen LogP contribution in [0.3, 0.4) is 0 Å². The molecule has 1 aromatic carbocycles. The van der Waals surface area contributed by atoms with Crippen molar-refractivity contribution >= 4 is 49.7 Å². The molecular formula is C21H25N3O6S3. The van der Waals surface area contributed by atoms with Crippen LogP contribution >= 0.6 is 23.1 Å². The molecule has 2 N–H and O–H groups in total. The van der Waals surface area contributed by atoms with Gasteiger partial charge in [0, 0.05) is 24.3 Å². The number of carbonyl (C=O) groups is 1. The van der Waals surface area contributed by atoms with Crippen molar-refractivity contribution in [3.63, 3.8) is 0 Å². The number of anilines is 1. The Kier molecular flexibility index (Phi) is 8.02. The van der Waals surface area contributed by atoms with Gasteiger partial charge in [0.25, 0.3) is 5.91 Å². The third kappa shape index (κ3) is 6.33. The molecule has 2 aromatic rings. The number of thiazole rings is 1. The van der Waals surface area contributed by atoms with Gasteiger partial charge in [-0.1, -0.05) is 28.6 Å². The molecule has 12 heteroatoms. The van der Waals surface area contributed by atoms with E-state index >= 15 is 0 Å². The minimum absolute atomic E-state index is 0.0296. The highest BCUT2D eigenvalue weighted by molar-refractivity contribution is 8.01. The third-order valence-electron chi connectivity index (χ3n) is 5.07. The molecule has 0 spiro atoms. The maximum Gasteiger partial charge on any atom is 0.280 e. The van der Waals surface area contributed by atoms with Gasteiger partial charge < -0.3 is 14.7 Å². The minimum atomic E-state index is -3.32. The summed E-state index contributed by atoms with van der Waals surface area (Å²) >= 11 is 2.88. The number of amides is 1. The molecule has 1 amide bonds. The van der Waals surface area contributed by atoms with Crippen molar-refractivity contribution in [3.8, 4) is 0 Å². The first-order valence-electron chi connectivity index (χ1n) is 10.6. The van der Waals surface area contributed by atoms with Crippen molar-refractivity contribution in [2.75, 3.05) is 30.9 Å². The lowest BCUT2D eigenvalue weighted by atomic mass is 10.1. The van der Waals surface area contributed by atoms with E-state index < -0.39 is 15.7 Å². The molecule has 33 heavy (non-hydrogen) atoms. The number of nitrogens with one attached hydrogen (secondary N) is 1. The number of nitrogens with zero attached hydrogens (tertiary/aromatic N) is 2. The summed E-state index contributed by atoms with van der Waals surface area (Å²) in [7, 11) is -3.32. The van der Waals surface area contributed by atoms with E-state index in [1.54, 1.807) is 30.1 Å². The summed E-state index contributed by atoms with van der Waals surface area (Å²) in [4.78, 5) is 23.0. The molecule has 0 radical (unpaired) electrons. The number of thioether (sulfide) groups is 1. The zero-order valence-electron chi connectivity index (χ0n) is 17.8. The Morgan fingerprint density at radius 1 is 1.30 bits per heavy atom. The van der Waals surface area contributed by atoms with Crippen LogP contribution in [0.1, 0.15) is 31.2 Å². The molecule has 2 heterocycles. The lowest BCUT2D eigenvalue weighted by Crippen LogP contribution is -2.25. The SMILES string of the molecule is O=C(Nc1ncc(SCCCO)s1)/C(=N/O[C@@H]1CCOC1)c1ccc(S(=O)(=O)C2CC2)cc1. The molecule has 4 rings (SSSR count). The zero-order valence-corrected chi connectivity index (χ0v) is 20.3. The quantitative estimate of drug-likeness (QED) is 0.204. The molecule has 2 aliphatic rings. The van der Waals surface area contributed by atoms with Crippen molar-refractivity contribution in [2.24, 2.45) is 5.16 Å². The summed E-state index contributed by atoms with van der Waals surface area (Å²) in [6.07, 6.45) is 4.16. The Morgan fingerprint density at radius 3 is 2.76 bits per heavy atom. The van der Waals surface area contributed by atoms with Gasteiger partial charge in [0.05, 0.1) is 33.8 Å². The van der Waals surface area contributed by atoms with Gasteiger partial charge in [-0.2, -0.15) is 0 Å². The number of ether oxygens (including phenoxy) is 1. The van der Waals surface area contributed by atoms with Gasteiger partial charge in [0.1, 0.15) is 0 Å². The first-order valence-corrected chi connectivity index (χ1v) is 14.0. The van der Waals surface area contributed by atoms with Crippen LogP contribution in [-0.4, -0.2) is 67.1 Å². The Balaban J connectivity index is 1.50. The predicted octanol–water partition coefficient (Wildman–Crippen LogP) is 2.70. The number of hydrogen-bond acceptors (Lipinski definition) is 10. The van der Waals surface area contributed by atoms with Crippen LogP contribution in [0, 0.1) is 0 Å². The molecule has 178 valence electrons. The smallest absolute Gasteiger partial charge is 0.280 e. The molecule has 0 bridgehead atoms. The van der Waals surface area contributed by atoms with Gasteiger partial charge >= 0.3 is 0 Å². The van der Waals surface area contributed by atoms with Crippen LogP contribution in [-0.2, 0) is 24.2 Å². The number of benzene rings is 1. The van der Waals surface area contributed by atoms with Crippen molar-refractivity contribution in [1.29, 1.82) is 0 Å². The first-order chi connectivity index (χ1) is 16.0. The molecular weight excluding hydrogens is 486 g/mol. The highest BCUT2D eigenvalue weighted by Gasteiger charge is 2.36. The van der Waals surface area contributed by atoms with Crippen LogP contribution in [0.4, 0.5) is 5.13 Å². The van der Waals surface area contributed by atoms with E-state index in [1.807, 2.05) is 0 Å². The van der Waals surface area contributed by atoms with E-state index in [2.05, 4.69) is 15.5 Å². The number of carbonyl (C=O) groups excluding carboxylic acids is 1. The van der Waals surface area contributed by atoms with E-state index in [-0.39, 0.29) is 28.6 Å². The fraction of sp³-hybridized carbons (Fsp3) is 0.476. The monoisotopic (exact) mass is 511 g/mol. The van der Waals surface area contributed by atoms with Gasteiger partial charge in [0.15, 0.2) is 26.8 Å². The summed E-state index contributed by atoms with van der Waals surface area (Å²) in [5.74, 6) is 0.250. The van der Waals surface area contributed by atoms with Gasteiger partial charge in [0.2, 0.25) is 0 Å². The number of rotatable bonds is 11. The van der Waals surface area contributed by atoms with Crippen LogP contribution in [0.15, 0.2) is 44.7 Å². The number of oxime groups is 1. The Hall–Kier alpha value is -1.99. The molecule has 1 atom stereocenters. The number of aliphatic hydroxyl groups excluding tert-OH is 1. The van der Waals surface area contributed by atoms with Gasteiger partial charge in [-0.25, -0.2) is 13.4 Å². The van der Waals surface area contributed by atoms with Gasteiger partial charge in [-0.15, -0.1) is 11.8 Å². The third-order valence-corrected chi connectivity index (χ3v) is 9.54. The number of aliphatic hydroxyl groups is 1. The Morgan fingerprint density at radius 2 is 2.09 bits per heavy atom. The molecule has 2 fully saturated rings. The second-order valence-electron chi connectivity index (χ2n) is 7.66. The van der Waals surface area contributed by atoms with Crippen LogP contribution in [0.25, 0.3) is 0 Å². The number of sulfone groups is 1. The molecule has 1 aliphatic carbocycles. The minimum Gasteiger partial charge on any atom is -0.396 e. The fourth-order valence-corrected chi connectivity index (χ4v) is 6.63. The molecule has 1 aliphatic heterocycles. The van der Waals surface area contributed by atoms with Crippen molar-refractivity contribution in [3.05, 3.63) is 36.0 Å². The lowest BCUT2D eigenvalue weighted by Gasteiger charge is -2.10. The molecule has 0 unspecified atom stereocenters. The second-order valence-corrected chi connectivity index (χ2v) is 12.3. The summed E-state index contributed by atoms with van der Waals surface area (Å²) in [5.41, 5.74) is 0.470. The number of hydrogen-bond donors (Lipinski definition) is 2. The fourth-order valence-electron chi connectivity index (χ4n) is 3.10. The average Bonchev–Trinajstić information content (AvgIpc) is 3.39. The second kappa shape index (κ2) is 11.0.